The first-order valence-corrected chi connectivity index (χ1v) is 6.98. The van der Waals surface area contributed by atoms with Crippen LogP contribution in [0.15, 0.2) is 60.7 Å². The van der Waals surface area contributed by atoms with Crippen molar-refractivity contribution in [1.82, 2.24) is 9.97 Å². The summed E-state index contributed by atoms with van der Waals surface area (Å²) in [4.78, 5) is 8.14. The first-order valence-electron chi connectivity index (χ1n) is 6.98. The van der Waals surface area contributed by atoms with Crippen LogP contribution in [0.5, 0.6) is 0 Å². The van der Waals surface area contributed by atoms with Gasteiger partial charge in [-0.3, -0.25) is 0 Å². The second-order valence-electron chi connectivity index (χ2n) is 5.01. The van der Waals surface area contributed by atoms with Crippen LogP contribution in [0.2, 0.25) is 0 Å². The van der Waals surface area contributed by atoms with Crippen LogP contribution in [-0.2, 0) is 12.8 Å². The van der Waals surface area contributed by atoms with Crippen molar-refractivity contribution >= 4 is 0 Å². The van der Waals surface area contributed by atoms with Crippen molar-refractivity contribution < 1.29 is 0 Å². The van der Waals surface area contributed by atoms with E-state index in [0.717, 1.165) is 30.1 Å². The van der Waals surface area contributed by atoms with Crippen LogP contribution in [0.1, 0.15) is 17.1 Å². The summed E-state index contributed by atoms with van der Waals surface area (Å²) in [7, 11) is 0. The Balaban J connectivity index is 1.76. The third kappa shape index (κ3) is 2.80. The second kappa shape index (κ2) is 5.74. The number of nitrogens with one attached hydrogen (secondary N) is 1. The zero-order chi connectivity index (χ0) is 13.8. The van der Waals surface area contributed by atoms with Crippen molar-refractivity contribution in [2.24, 2.45) is 0 Å². The largest absolute Gasteiger partial charge is 0.346 e. The number of imidazole rings is 1. The molecule has 0 atom stereocenters. The van der Waals surface area contributed by atoms with Crippen LogP contribution in [0, 0.1) is 6.92 Å². The van der Waals surface area contributed by atoms with E-state index in [4.69, 9.17) is 4.98 Å². The zero-order valence-corrected chi connectivity index (χ0v) is 11.6. The van der Waals surface area contributed by atoms with E-state index in [9.17, 15) is 0 Å². The minimum Gasteiger partial charge on any atom is -0.346 e. The molecule has 1 N–H and O–H groups in total. The second-order valence-corrected chi connectivity index (χ2v) is 5.01. The quantitative estimate of drug-likeness (QED) is 0.751. The molecule has 1 aromatic heterocycles. The number of aromatic amines is 1. The van der Waals surface area contributed by atoms with Gasteiger partial charge in [0, 0.05) is 17.7 Å². The molecule has 1 heterocycles. The maximum absolute atomic E-state index is 4.74. The third-order valence-electron chi connectivity index (χ3n) is 3.47. The number of rotatable bonds is 4. The fraction of sp³-hybridized carbons (Fsp3) is 0.167. The van der Waals surface area contributed by atoms with Crippen LogP contribution >= 0.6 is 0 Å². The molecule has 2 heteroatoms. The van der Waals surface area contributed by atoms with E-state index in [0.29, 0.717) is 0 Å². The van der Waals surface area contributed by atoms with E-state index >= 15 is 0 Å². The Morgan fingerprint density at radius 1 is 0.850 bits per heavy atom. The van der Waals surface area contributed by atoms with Crippen LogP contribution in [-0.4, -0.2) is 9.97 Å². The Morgan fingerprint density at radius 3 is 2.20 bits per heavy atom. The lowest BCUT2D eigenvalue weighted by atomic mass is 10.1. The zero-order valence-electron chi connectivity index (χ0n) is 11.6. The summed E-state index contributed by atoms with van der Waals surface area (Å²) in [6, 6.07) is 20.9. The van der Waals surface area contributed by atoms with Crippen LogP contribution in [0.4, 0.5) is 0 Å². The lowest BCUT2D eigenvalue weighted by Crippen LogP contribution is -1.93. The monoisotopic (exact) mass is 262 g/mol. The fourth-order valence-corrected chi connectivity index (χ4v) is 2.43. The van der Waals surface area contributed by atoms with Crippen molar-refractivity contribution in [1.29, 1.82) is 0 Å². The lowest BCUT2D eigenvalue weighted by Gasteiger charge is -1.98. The van der Waals surface area contributed by atoms with Gasteiger partial charge < -0.3 is 4.98 Å². The van der Waals surface area contributed by atoms with Gasteiger partial charge in [0.1, 0.15) is 5.82 Å². The van der Waals surface area contributed by atoms with E-state index in [1.807, 2.05) is 24.3 Å². The number of H-pyrrole nitrogens is 1. The molecule has 0 unspecified atom stereocenters. The number of benzene rings is 2. The van der Waals surface area contributed by atoms with Crippen LogP contribution < -0.4 is 0 Å². The van der Waals surface area contributed by atoms with Gasteiger partial charge in [-0.15, -0.1) is 0 Å². The summed E-state index contributed by atoms with van der Waals surface area (Å²) in [5.74, 6) is 1.06. The summed E-state index contributed by atoms with van der Waals surface area (Å²) in [6.45, 7) is 2.08. The molecule has 100 valence electrons. The first kappa shape index (κ1) is 12.7. The maximum atomic E-state index is 4.74. The normalized spacial score (nSPS) is 10.7. The highest BCUT2D eigenvalue weighted by atomic mass is 14.9. The average Bonchev–Trinajstić information content (AvgIpc) is 2.88. The third-order valence-corrected chi connectivity index (χ3v) is 3.47. The van der Waals surface area contributed by atoms with Crippen molar-refractivity contribution in [3.63, 3.8) is 0 Å². The van der Waals surface area contributed by atoms with Gasteiger partial charge in [0.15, 0.2) is 0 Å². The summed E-state index contributed by atoms with van der Waals surface area (Å²) in [5, 5.41) is 0. The number of aromatic nitrogens is 2. The van der Waals surface area contributed by atoms with Gasteiger partial charge in [-0.1, -0.05) is 60.7 Å². The number of aryl methyl sites for hydroxylation is 3. The Kier molecular flexibility index (Phi) is 3.64. The Bertz CT molecular complexity index is 669. The highest BCUT2D eigenvalue weighted by molar-refractivity contribution is 5.61. The molecule has 0 saturated carbocycles. The number of hydrogen-bond donors (Lipinski definition) is 1. The minimum absolute atomic E-state index is 0.942. The predicted molar refractivity (Wildman–Crippen MR) is 82.6 cm³/mol. The minimum atomic E-state index is 0.942. The van der Waals surface area contributed by atoms with E-state index in [-0.39, 0.29) is 0 Å². The average molecular weight is 262 g/mol. The molecule has 0 radical (unpaired) electrons. The van der Waals surface area contributed by atoms with Gasteiger partial charge in [0.25, 0.3) is 0 Å². The molecule has 3 aromatic rings. The molecule has 3 rings (SSSR count). The molecule has 0 fully saturated rings. The van der Waals surface area contributed by atoms with Gasteiger partial charge in [0.05, 0.1) is 5.69 Å². The summed E-state index contributed by atoms with van der Waals surface area (Å²) >= 11 is 0. The Morgan fingerprint density at radius 2 is 1.50 bits per heavy atom. The smallest absolute Gasteiger partial charge is 0.107 e. The molecule has 0 saturated heterocycles. The van der Waals surface area contributed by atoms with Crippen LogP contribution in [0.3, 0.4) is 0 Å². The maximum Gasteiger partial charge on any atom is 0.107 e. The molecule has 0 bridgehead atoms. The standard InChI is InChI=1S/C18H18N2/c1-14-18(16-10-6-3-7-11-16)20-17(19-14)13-12-15-8-4-2-5-9-15/h2-11H,12-13H2,1H3,(H,19,20). The molecule has 0 spiro atoms. The van der Waals surface area contributed by atoms with Crippen molar-refractivity contribution in [3.8, 4) is 11.3 Å². The molecule has 20 heavy (non-hydrogen) atoms. The summed E-state index contributed by atoms with van der Waals surface area (Å²) in [6.07, 6.45) is 1.96. The highest BCUT2D eigenvalue weighted by Gasteiger charge is 2.08. The van der Waals surface area contributed by atoms with Crippen molar-refractivity contribution in [3.05, 3.63) is 77.7 Å². The predicted octanol–water partition coefficient (Wildman–Crippen LogP) is 4.17. The first-order chi connectivity index (χ1) is 9.83. The molecule has 0 aliphatic heterocycles. The Labute approximate surface area is 119 Å². The molecule has 2 aromatic carbocycles. The lowest BCUT2D eigenvalue weighted by molar-refractivity contribution is 0.881. The topological polar surface area (TPSA) is 28.7 Å². The molecule has 0 aliphatic rings. The van der Waals surface area contributed by atoms with E-state index in [1.54, 1.807) is 0 Å². The van der Waals surface area contributed by atoms with Crippen molar-refractivity contribution in [2.45, 2.75) is 19.8 Å². The molecule has 2 nitrogen and oxygen atoms in total. The van der Waals surface area contributed by atoms with Gasteiger partial charge in [-0.05, 0) is 18.9 Å². The van der Waals surface area contributed by atoms with Gasteiger partial charge in [0.2, 0.25) is 0 Å². The SMILES string of the molecule is Cc1[nH]c(CCc2ccccc2)nc1-c1ccccc1. The van der Waals surface area contributed by atoms with Gasteiger partial charge in [-0.2, -0.15) is 0 Å². The van der Waals surface area contributed by atoms with E-state index in [1.165, 1.54) is 11.1 Å². The fourth-order valence-electron chi connectivity index (χ4n) is 2.43. The van der Waals surface area contributed by atoms with E-state index in [2.05, 4.69) is 48.3 Å². The molecular weight excluding hydrogens is 244 g/mol. The molecule has 0 aliphatic carbocycles. The highest BCUT2D eigenvalue weighted by Crippen LogP contribution is 2.21. The number of nitrogens with zero attached hydrogens (tertiary/aromatic N) is 1. The van der Waals surface area contributed by atoms with Crippen molar-refractivity contribution in [2.75, 3.05) is 0 Å². The summed E-state index contributed by atoms with van der Waals surface area (Å²) < 4.78 is 0. The summed E-state index contributed by atoms with van der Waals surface area (Å²) in [5.41, 5.74) is 4.72. The molecular formula is C18H18N2. The van der Waals surface area contributed by atoms with Gasteiger partial charge in [-0.25, -0.2) is 4.98 Å². The Hall–Kier alpha value is -2.35. The number of hydrogen-bond acceptors (Lipinski definition) is 1. The molecule has 0 amide bonds. The van der Waals surface area contributed by atoms with Gasteiger partial charge >= 0.3 is 0 Å². The van der Waals surface area contributed by atoms with E-state index < -0.39 is 0 Å². The van der Waals surface area contributed by atoms with Crippen LogP contribution in [0.25, 0.3) is 11.3 Å².